The fourth-order valence-corrected chi connectivity index (χ4v) is 6.03. The van der Waals surface area contributed by atoms with Gasteiger partial charge in [0.25, 0.3) is 5.91 Å². The van der Waals surface area contributed by atoms with E-state index in [1.165, 1.54) is 16.7 Å². The number of amides is 3. The van der Waals surface area contributed by atoms with Crippen molar-refractivity contribution >= 4 is 63.6 Å². The van der Waals surface area contributed by atoms with E-state index >= 15 is 0 Å². The van der Waals surface area contributed by atoms with Gasteiger partial charge >= 0.3 is 0 Å². The van der Waals surface area contributed by atoms with Crippen molar-refractivity contribution in [3.05, 3.63) is 22.0 Å². The number of carbonyl (C=O) groups excluding carboxylic acids is 3. The Morgan fingerprint density at radius 3 is 2.71 bits per heavy atom. The predicted octanol–water partition coefficient (Wildman–Crippen LogP) is -0.0759. The minimum atomic E-state index is -1.20. The number of hydrogen-bond acceptors (Lipinski definition) is 12. The van der Waals surface area contributed by atoms with Crippen molar-refractivity contribution in [3.8, 4) is 0 Å². The van der Waals surface area contributed by atoms with Crippen LogP contribution in [0, 0.1) is 19.8 Å². The van der Waals surface area contributed by atoms with Gasteiger partial charge in [0.2, 0.25) is 11.8 Å². The molecule has 4 unspecified atom stereocenters. The highest BCUT2D eigenvalue weighted by Crippen LogP contribution is 2.38. The standard InChI is InChI=1S/C22H29N9O5S2/c1-8(7-32)24-16(23)14-19(35)29-38-20(14)28-22-25-9(2)15(37-22)21(36)31-13(34)6-12-17(30(5)11(4)33)26-10(3)27-18(12)31/h8,13-14,20,32,34H,6-7H2,1-5H3,(H2,23,24)(H,25,28)(H,29,35). The number of thiazole rings is 1. The predicted molar refractivity (Wildman–Crippen MR) is 144 cm³/mol. The molecule has 0 spiro atoms. The van der Waals surface area contributed by atoms with Crippen LogP contribution in [0.3, 0.4) is 0 Å². The second-order valence-electron chi connectivity index (χ2n) is 8.98. The summed E-state index contributed by atoms with van der Waals surface area (Å²) in [5.41, 5.74) is 6.98. The Bertz CT molecular complexity index is 1320. The van der Waals surface area contributed by atoms with E-state index in [9.17, 15) is 24.6 Å². The first-order valence-electron chi connectivity index (χ1n) is 11.7. The first kappa shape index (κ1) is 27.7. The van der Waals surface area contributed by atoms with Crippen LogP contribution in [0.2, 0.25) is 0 Å². The zero-order chi connectivity index (χ0) is 27.9. The maximum Gasteiger partial charge on any atom is 0.273 e. The number of hydrogen-bond donors (Lipinski definition) is 5. The molecule has 0 bridgehead atoms. The third kappa shape index (κ3) is 5.16. The number of fused-ring (bicyclic) bond motifs is 1. The van der Waals surface area contributed by atoms with E-state index in [0.29, 0.717) is 28.0 Å². The lowest BCUT2D eigenvalue weighted by Gasteiger charge is -2.21. The van der Waals surface area contributed by atoms with Gasteiger partial charge in [-0.2, -0.15) is 0 Å². The summed E-state index contributed by atoms with van der Waals surface area (Å²) in [6.45, 7) is 6.18. The zero-order valence-corrected chi connectivity index (χ0v) is 23.1. The van der Waals surface area contributed by atoms with Crippen molar-refractivity contribution in [2.24, 2.45) is 16.6 Å². The summed E-state index contributed by atoms with van der Waals surface area (Å²) in [7, 11) is 1.57. The number of nitrogens with zero attached hydrogens (tertiary/aromatic N) is 6. The number of carbonyl (C=O) groups is 3. The fourth-order valence-electron chi connectivity index (χ4n) is 4.08. The lowest BCUT2D eigenvalue weighted by atomic mass is 10.1. The summed E-state index contributed by atoms with van der Waals surface area (Å²) >= 11 is 2.18. The van der Waals surface area contributed by atoms with Gasteiger partial charge in [-0.25, -0.2) is 15.0 Å². The summed E-state index contributed by atoms with van der Waals surface area (Å²) < 4.78 is 2.66. The first-order valence-corrected chi connectivity index (χ1v) is 13.4. The van der Waals surface area contributed by atoms with Gasteiger partial charge in [0.05, 0.1) is 18.3 Å². The Hall–Kier alpha value is -3.34. The number of nitrogens with one attached hydrogen (secondary N) is 2. The molecule has 2 aromatic rings. The smallest absolute Gasteiger partial charge is 0.273 e. The Morgan fingerprint density at radius 2 is 2.05 bits per heavy atom. The molecule has 0 aliphatic carbocycles. The van der Waals surface area contributed by atoms with Gasteiger partial charge < -0.3 is 21.3 Å². The first-order chi connectivity index (χ1) is 17.9. The third-order valence-corrected chi connectivity index (χ3v) is 8.12. The van der Waals surface area contributed by atoms with Crippen LogP contribution in [0.1, 0.15) is 40.6 Å². The van der Waals surface area contributed by atoms with Gasteiger partial charge in [-0.1, -0.05) is 11.3 Å². The van der Waals surface area contributed by atoms with Gasteiger partial charge in [-0.15, -0.1) is 0 Å². The molecular formula is C22H29N9O5S2. The quantitative estimate of drug-likeness (QED) is 0.171. The SMILES string of the molecule is CC(=O)N(C)c1nc(C)nc2c1CC(O)N2C(=O)c1sc(NC2SNC(=O)C2C(N)=NC(C)CO)nc1C. The molecule has 0 saturated carbocycles. The highest BCUT2D eigenvalue weighted by Gasteiger charge is 2.41. The summed E-state index contributed by atoms with van der Waals surface area (Å²) in [6, 6.07) is -0.460. The number of amidine groups is 1. The minimum absolute atomic E-state index is 0.0658. The lowest BCUT2D eigenvalue weighted by Crippen LogP contribution is -2.39. The topological polar surface area (TPSA) is 199 Å². The number of aromatic nitrogens is 3. The molecule has 204 valence electrons. The molecule has 0 radical (unpaired) electrons. The Labute approximate surface area is 226 Å². The Kier molecular flexibility index (Phi) is 7.87. The van der Waals surface area contributed by atoms with E-state index < -0.39 is 29.5 Å². The summed E-state index contributed by atoms with van der Waals surface area (Å²) in [5, 5.41) is 23.0. The average molecular weight is 564 g/mol. The Morgan fingerprint density at radius 1 is 1.34 bits per heavy atom. The van der Waals surface area contributed by atoms with E-state index in [2.05, 4.69) is 30.0 Å². The molecule has 1 fully saturated rings. The van der Waals surface area contributed by atoms with Crippen LogP contribution in [0.4, 0.5) is 16.8 Å². The van der Waals surface area contributed by atoms with E-state index in [4.69, 9.17) is 5.73 Å². The second-order valence-corrected chi connectivity index (χ2v) is 10.9. The van der Waals surface area contributed by atoms with Crippen molar-refractivity contribution in [2.75, 3.05) is 28.8 Å². The number of aliphatic hydroxyl groups excluding tert-OH is 2. The van der Waals surface area contributed by atoms with Crippen molar-refractivity contribution < 1.29 is 24.6 Å². The summed E-state index contributed by atoms with van der Waals surface area (Å²) in [5.74, 6) is -0.879. The molecule has 4 atom stereocenters. The van der Waals surface area contributed by atoms with Crippen molar-refractivity contribution in [1.82, 2.24) is 19.7 Å². The molecule has 2 aliphatic rings. The van der Waals surface area contributed by atoms with Crippen LogP contribution >= 0.6 is 23.3 Å². The molecule has 1 saturated heterocycles. The number of aliphatic imine (C=N–C) groups is 1. The van der Waals surface area contributed by atoms with E-state index in [0.717, 1.165) is 23.3 Å². The van der Waals surface area contributed by atoms with E-state index in [1.807, 2.05) is 0 Å². The molecule has 2 aliphatic heterocycles. The van der Waals surface area contributed by atoms with E-state index in [1.54, 1.807) is 27.8 Å². The molecule has 16 heteroatoms. The van der Waals surface area contributed by atoms with Crippen LogP contribution in [0.15, 0.2) is 4.99 Å². The molecule has 2 aromatic heterocycles. The summed E-state index contributed by atoms with van der Waals surface area (Å²) in [4.78, 5) is 58.2. The average Bonchev–Trinajstić information content (AvgIpc) is 3.51. The highest BCUT2D eigenvalue weighted by molar-refractivity contribution is 7.99. The van der Waals surface area contributed by atoms with Gasteiger partial charge in [-0.3, -0.25) is 33.9 Å². The van der Waals surface area contributed by atoms with Crippen molar-refractivity contribution in [3.63, 3.8) is 0 Å². The zero-order valence-electron chi connectivity index (χ0n) is 21.4. The van der Waals surface area contributed by atoms with Crippen LogP contribution in [0.25, 0.3) is 0 Å². The van der Waals surface area contributed by atoms with Gasteiger partial charge in [0, 0.05) is 26.0 Å². The van der Waals surface area contributed by atoms with E-state index in [-0.39, 0.29) is 41.4 Å². The molecule has 3 amide bonds. The maximum absolute atomic E-state index is 13.6. The minimum Gasteiger partial charge on any atom is -0.394 e. The third-order valence-electron chi connectivity index (χ3n) is 6.08. The molecule has 4 heterocycles. The number of nitrogens with two attached hydrogens (primary N) is 1. The van der Waals surface area contributed by atoms with Gasteiger partial charge in [0.1, 0.15) is 45.7 Å². The normalized spacial score (nSPS) is 21.8. The van der Waals surface area contributed by atoms with Crippen LogP contribution < -0.4 is 25.6 Å². The number of aliphatic hydroxyl groups is 2. The largest absolute Gasteiger partial charge is 0.394 e. The molecule has 6 N–H and O–H groups in total. The highest BCUT2D eigenvalue weighted by atomic mass is 32.2. The second kappa shape index (κ2) is 10.8. The maximum atomic E-state index is 13.6. The molecule has 0 aromatic carbocycles. The van der Waals surface area contributed by atoms with Gasteiger partial charge in [0.15, 0.2) is 5.13 Å². The van der Waals surface area contributed by atoms with Crippen molar-refractivity contribution in [2.45, 2.75) is 51.8 Å². The molecule has 14 nitrogen and oxygen atoms in total. The monoisotopic (exact) mass is 563 g/mol. The number of aryl methyl sites for hydroxylation is 2. The molecular weight excluding hydrogens is 534 g/mol. The van der Waals surface area contributed by atoms with Crippen LogP contribution in [-0.4, -0.2) is 80.0 Å². The van der Waals surface area contributed by atoms with Crippen LogP contribution in [-0.2, 0) is 16.0 Å². The lowest BCUT2D eigenvalue weighted by molar-refractivity contribution is -0.120. The molecule has 4 rings (SSSR count). The van der Waals surface area contributed by atoms with Crippen molar-refractivity contribution in [1.29, 1.82) is 0 Å². The molecule has 38 heavy (non-hydrogen) atoms. The number of rotatable bonds is 7. The van der Waals surface area contributed by atoms with Gasteiger partial charge in [-0.05, 0) is 32.7 Å². The fraction of sp³-hybridized carbons (Fsp3) is 0.500. The Balaban J connectivity index is 1.61. The van der Waals surface area contributed by atoms with Crippen LogP contribution in [0.5, 0.6) is 0 Å². The number of anilines is 3. The summed E-state index contributed by atoms with van der Waals surface area (Å²) in [6.07, 6.45) is -1.14.